The first-order chi connectivity index (χ1) is 7.76. The molecule has 0 amide bonds. The number of rotatable bonds is 7. The van der Waals surface area contributed by atoms with E-state index in [9.17, 15) is 0 Å². The van der Waals surface area contributed by atoms with Gasteiger partial charge in [-0.15, -0.1) is 0 Å². The summed E-state index contributed by atoms with van der Waals surface area (Å²) in [5.41, 5.74) is 5.56. The molecule has 0 unspecified atom stereocenters. The van der Waals surface area contributed by atoms with E-state index < -0.39 is 0 Å². The number of nitrogens with zero attached hydrogens (tertiary/aromatic N) is 3. The smallest absolute Gasteiger partial charge is 0.227 e. The standard InChI is InChI=1S/C9H17N5O2/c1-15-5-3-7-12-8(10)14-9(13-7)11-4-6-16-2/h3-6H2,1-2H3,(H3,10,11,12,13,14). The first-order valence-electron chi connectivity index (χ1n) is 4.98. The molecular weight excluding hydrogens is 210 g/mol. The molecule has 1 rings (SSSR count). The molecular formula is C9H17N5O2. The molecule has 90 valence electrons. The second-order valence-corrected chi connectivity index (χ2v) is 3.10. The van der Waals surface area contributed by atoms with Gasteiger partial charge in [-0.3, -0.25) is 0 Å². The molecule has 0 saturated carbocycles. The lowest BCUT2D eigenvalue weighted by Crippen LogP contribution is -2.14. The van der Waals surface area contributed by atoms with Crippen molar-refractivity contribution in [2.45, 2.75) is 6.42 Å². The Labute approximate surface area is 94.4 Å². The van der Waals surface area contributed by atoms with Gasteiger partial charge in [0, 0.05) is 27.2 Å². The van der Waals surface area contributed by atoms with Crippen molar-refractivity contribution in [2.24, 2.45) is 0 Å². The van der Waals surface area contributed by atoms with Gasteiger partial charge in [0.25, 0.3) is 0 Å². The predicted molar refractivity (Wildman–Crippen MR) is 60.2 cm³/mol. The van der Waals surface area contributed by atoms with E-state index in [1.54, 1.807) is 14.2 Å². The summed E-state index contributed by atoms with van der Waals surface area (Å²) >= 11 is 0. The largest absolute Gasteiger partial charge is 0.384 e. The molecule has 0 fully saturated rings. The molecule has 0 bridgehead atoms. The normalized spacial score (nSPS) is 10.4. The van der Waals surface area contributed by atoms with Gasteiger partial charge < -0.3 is 20.5 Å². The molecule has 1 aromatic heterocycles. The van der Waals surface area contributed by atoms with E-state index >= 15 is 0 Å². The Bertz CT molecular complexity index is 321. The maximum atomic E-state index is 5.56. The first-order valence-corrected chi connectivity index (χ1v) is 4.98. The van der Waals surface area contributed by atoms with Crippen LogP contribution in [0.15, 0.2) is 0 Å². The van der Waals surface area contributed by atoms with Gasteiger partial charge in [0.15, 0.2) is 0 Å². The Morgan fingerprint density at radius 3 is 2.56 bits per heavy atom. The van der Waals surface area contributed by atoms with E-state index in [4.69, 9.17) is 15.2 Å². The Balaban J connectivity index is 2.58. The van der Waals surface area contributed by atoms with Crippen LogP contribution in [-0.2, 0) is 15.9 Å². The van der Waals surface area contributed by atoms with Crippen LogP contribution in [0, 0.1) is 0 Å². The molecule has 1 heterocycles. The average Bonchev–Trinajstić information content (AvgIpc) is 2.26. The molecule has 7 nitrogen and oxygen atoms in total. The van der Waals surface area contributed by atoms with Crippen molar-refractivity contribution in [2.75, 3.05) is 45.0 Å². The number of nitrogen functional groups attached to an aromatic ring is 1. The lowest BCUT2D eigenvalue weighted by atomic mass is 10.4. The monoisotopic (exact) mass is 227 g/mol. The summed E-state index contributed by atoms with van der Waals surface area (Å²) in [6.07, 6.45) is 0.613. The number of hydrogen-bond acceptors (Lipinski definition) is 7. The summed E-state index contributed by atoms with van der Waals surface area (Å²) in [6.45, 7) is 1.77. The molecule has 16 heavy (non-hydrogen) atoms. The summed E-state index contributed by atoms with van der Waals surface area (Å²) in [7, 11) is 3.26. The van der Waals surface area contributed by atoms with Crippen LogP contribution in [0.1, 0.15) is 5.82 Å². The van der Waals surface area contributed by atoms with Crippen molar-refractivity contribution in [3.63, 3.8) is 0 Å². The third-order valence-corrected chi connectivity index (χ3v) is 1.82. The zero-order valence-corrected chi connectivity index (χ0v) is 9.56. The molecule has 0 aliphatic heterocycles. The minimum Gasteiger partial charge on any atom is -0.384 e. The Morgan fingerprint density at radius 1 is 1.12 bits per heavy atom. The minimum absolute atomic E-state index is 0.209. The van der Waals surface area contributed by atoms with Gasteiger partial charge in [0.05, 0.1) is 13.2 Å². The Kier molecular flexibility index (Phi) is 5.44. The van der Waals surface area contributed by atoms with Gasteiger partial charge in [-0.2, -0.15) is 15.0 Å². The Morgan fingerprint density at radius 2 is 1.88 bits per heavy atom. The van der Waals surface area contributed by atoms with E-state index in [0.717, 1.165) is 0 Å². The molecule has 0 aromatic carbocycles. The molecule has 0 atom stereocenters. The van der Waals surface area contributed by atoms with E-state index in [-0.39, 0.29) is 5.95 Å². The van der Waals surface area contributed by atoms with Crippen LogP contribution in [0.5, 0.6) is 0 Å². The van der Waals surface area contributed by atoms with Crippen LogP contribution in [0.2, 0.25) is 0 Å². The maximum absolute atomic E-state index is 5.56. The van der Waals surface area contributed by atoms with Gasteiger partial charge in [0.1, 0.15) is 5.82 Å². The lowest BCUT2D eigenvalue weighted by molar-refractivity contribution is 0.200. The van der Waals surface area contributed by atoms with Crippen LogP contribution in [-0.4, -0.2) is 48.9 Å². The van der Waals surface area contributed by atoms with E-state index in [1.807, 2.05) is 0 Å². The van der Waals surface area contributed by atoms with Gasteiger partial charge in [-0.05, 0) is 0 Å². The number of hydrogen-bond donors (Lipinski definition) is 2. The summed E-state index contributed by atoms with van der Waals surface area (Å²) in [4.78, 5) is 12.2. The molecule has 3 N–H and O–H groups in total. The highest BCUT2D eigenvalue weighted by Gasteiger charge is 2.03. The zero-order chi connectivity index (χ0) is 11.8. The quantitative estimate of drug-likeness (QED) is 0.617. The first kappa shape index (κ1) is 12.6. The van der Waals surface area contributed by atoms with Gasteiger partial charge in [0.2, 0.25) is 11.9 Å². The molecule has 0 saturated heterocycles. The third kappa shape index (κ3) is 4.37. The fourth-order valence-corrected chi connectivity index (χ4v) is 1.09. The highest BCUT2D eigenvalue weighted by molar-refractivity contribution is 5.30. The molecule has 7 heteroatoms. The number of nitrogens with one attached hydrogen (secondary N) is 1. The summed E-state index contributed by atoms with van der Waals surface area (Å²) in [5.74, 6) is 1.30. The van der Waals surface area contributed by atoms with E-state index in [1.165, 1.54) is 0 Å². The van der Waals surface area contributed by atoms with Gasteiger partial charge in [-0.25, -0.2) is 0 Å². The van der Waals surface area contributed by atoms with Crippen molar-refractivity contribution < 1.29 is 9.47 Å². The van der Waals surface area contributed by atoms with Crippen LogP contribution >= 0.6 is 0 Å². The summed E-state index contributed by atoms with van der Waals surface area (Å²) in [5, 5.41) is 3.00. The van der Waals surface area contributed by atoms with Gasteiger partial charge >= 0.3 is 0 Å². The zero-order valence-electron chi connectivity index (χ0n) is 9.56. The van der Waals surface area contributed by atoms with Crippen molar-refractivity contribution in [1.82, 2.24) is 15.0 Å². The van der Waals surface area contributed by atoms with Crippen molar-refractivity contribution >= 4 is 11.9 Å². The van der Waals surface area contributed by atoms with Crippen LogP contribution in [0.3, 0.4) is 0 Å². The lowest BCUT2D eigenvalue weighted by Gasteiger charge is -2.06. The topological polar surface area (TPSA) is 95.2 Å². The molecule has 0 radical (unpaired) electrons. The number of ether oxygens (including phenoxy) is 2. The number of methoxy groups -OCH3 is 2. The predicted octanol–water partition coefficient (Wildman–Crippen LogP) is -0.299. The van der Waals surface area contributed by atoms with E-state index in [0.29, 0.717) is 38.0 Å². The fraction of sp³-hybridized carbons (Fsp3) is 0.667. The second kappa shape index (κ2) is 6.91. The van der Waals surface area contributed by atoms with E-state index in [2.05, 4.69) is 20.3 Å². The summed E-state index contributed by atoms with van der Waals surface area (Å²) < 4.78 is 9.85. The highest BCUT2D eigenvalue weighted by atomic mass is 16.5. The highest BCUT2D eigenvalue weighted by Crippen LogP contribution is 2.02. The minimum atomic E-state index is 0.209. The maximum Gasteiger partial charge on any atom is 0.227 e. The molecule has 0 aliphatic rings. The van der Waals surface area contributed by atoms with Crippen molar-refractivity contribution in [1.29, 1.82) is 0 Å². The third-order valence-electron chi connectivity index (χ3n) is 1.82. The van der Waals surface area contributed by atoms with Crippen LogP contribution in [0.4, 0.5) is 11.9 Å². The van der Waals surface area contributed by atoms with Crippen molar-refractivity contribution in [3.05, 3.63) is 5.82 Å². The number of anilines is 2. The van der Waals surface area contributed by atoms with Crippen LogP contribution < -0.4 is 11.1 Å². The summed E-state index contributed by atoms with van der Waals surface area (Å²) in [6, 6.07) is 0. The molecule has 0 aliphatic carbocycles. The Hall–Kier alpha value is -1.47. The fourth-order valence-electron chi connectivity index (χ4n) is 1.09. The SMILES string of the molecule is COCCNc1nc(N)nc(CCOC)n1. The van der Waals surface area contributed by atoms with Crippen LogP contribution in [0.25, 0.3) is 0 Å². The van der Waals surface area contributed by atoms with Crippen molar-refractivity contribution in [3.8, 4) is 0 Å². The van der Waals surface area contributed by atoms with Gasteiger partial charge in [-0.1, -0.05) is 0 Å². The number of aromatic nitrogens is 3. The second-order valence-electron chi connectivity index (χ2n) is 3.10. The average molecular weight is 227 g/mol. The molecule has 0 spiro atoms. The number of nitrogens with two attached hydrogens (primary N) is 1. The molecule has 1 aromatic rings.